The second-order valence-corrected chi connectivity index (χ2v) is 7.98. The van der Waals surface area contributed by atoms with E-state index in [4.69, 9.17) is 34.2 Å². The number of likely N-dealkylation sites (tertiary alicyclic amines) is 1. The molecule has 0 unspecified atom stereocenters. The second-order valence-electron chi connectivity index (χ2n) is 6.19. The fraction of sp³-hybridized carbons (Fsp3) is 0.200. The van der Waals surface area contributed by atoms with Crippen LogP contribution < -0.4 is 5.73 Å². The zero-order valence-electron chi connectivity index (χ0n) is 14.4. The van der Waals surface area contributed by atoms with Crippen molar-refractivity contribution in [2.24, 2.45) is 5.73 Å². The summed E-state index contributed by atoms with van der Waals surface area (Å²) in [6.07, 6.45) is 0.719. The number of amides is 1. The number of nitriles is 1. The maximum atomic E-state index is 11.6. The molecule has 7 heteroatoms. The van der Waals surface area contributed by atoms with Crippen molar-refractivity contribution < 1.29 is 4.79 Å². The van der Waals surface area contributed by atoms with Crippen LogP contribution in [0.15, 0.2) is 47.8 Å². The predicted molar refractivity (Wildman–Crippen MR) is 111 cm³/mol. The first kappa shape index (κ1) is 19.7. The third kappa shape index (κ3) is 4.79. The molecule has 2 aromatic carbocycles. The Morgan fingerprint density at radius 1 is 1.26 bits per heavy atom. The summed E-state index contributed by atoms with van der Waals surface area (Å²) in [5.74, 6) is 0.00219. The Kier molecular flexibility index (Phi) is 6.35. The molecule has 3 aromatic rings. The molecule has 4 nitrogen and oxygen atoms in total. The Labute approximate surface area is 171 Å². The summed E-state index contributed by atoms with van der Waals surface area (Å²) in [6.45, 7) is 1.25. The van der Waals surface area contributed by atoms with Crippen LogP contribution in [0.5, 0.6) is 0 Å². The number of thiophene rings is 1. The highest BCUT2D eigenvalue weighted by molar-refractivity contribution is 7.17. The second kappa shape index (κ2) is 8.73. The lowest BCUT2D eigenvalue weighted by atomic mass is 10.1. The molecular weight excluding hydrogens is 401 g/mol. The number of hydrogen-bond acceptors (Lipinski definition) is 4. The van der Waals surface area contributed by atoms with Crippen molar-refractivity contribution in [3.63, 3.8) is 0 Å². The van der Waals surface area contributed by atoms with E-state index in [2.05, 4.69) is 6.07 Å². The topological polar surface area (TPSA) is 70.1 Å². The SMILES string of the molecule is Clc1cc(Cl)c2ccsc2c1.N#Cc1cccc(CN2CC[C@H](N)C2=O)c1. The lowest BCUT2D eigenvalue weighted by Crippen LogP contribution is -2.33. The van der Waals surface area contributed by atoms with Gasteiger partial charge in [-0.3, -0.25) is 4.79 Å². The highest BCUT2D eigenvalue weighted by atomic mass is 35.5. The van der Waals surface area contributed by atoms with Crippen molar-refractivity contribution in [3.05, 3.63) is 69.0 Å². The van der Waals surface area contributed by atoms with Gasteiger partial charge in [-0.2, -0.15) is 5.26 Å². The lowest BCUT2D eigenvalue weighted by molar-refractivity contribution is -0.129. The predicted octanol–water partition coefficient (Wildman–Crippen LogP) is 4.83. The minimum absolute atomic E-state index is 0.00219. The van der Waals surface area contributed by atoms with E-state index >= 15 is 0 Å². The standard InChI is InChI=1S/C12H13N3O.C8H4Cl2S/c13-7-9-2-1-3-10(6-9)8-15-5-4-11(14)12(15)16;9-5-3-7(10)6-1-2-11-8(6)4-5/h1-3,6,11H,4-5,8,14H2;1-4H/t11-;/m0./s1. The molecule has 0 bridgehead atoms. The van der Waals surface area contributed by atoms with Gasteiger partial charge in [-0.15, -0.1) is 11.3 Å². The molecule has 27 heavy (non-hydrogen) atoms. The van der Waals surface area contributed by atoms with Crippen LogP contribution in [0.3, 0.4) is 0 Å². The first-order chi connectivity index (χ1) is 13.0. The van der Waals surface area contributed by atoms with E-state index in [0.717, 1.165) is 27.1 Å². The van der Waals surface area contributed by atoms with Crippen molar-refractivity contribution in [2.75, 3.05) is 6.54 Å². The van der Waals surface area contributed by atoms with Crippen molar-refractivity contribution in [1.29, 1.82) is 5.26 Å². The van der Waals surface area contributed by atoms with E-state index in [1.807, 2.05) is 29.6 Å². The van der Waals surface area contributed by atoms with Crippen LogP contribution in [0.1, 0.15) is 17.5 Å². The Balaban J connectivity index is 0.000000166. The molecule has 138 valence electrons. The van der Waals surface area contributed by atoms with Crippen molar-refractivity contribution >= 4 is 50.5 Å². The molecule has 2 heterocycles. The van der Waals surface area contributed by atoms with E-state index in [1.54, 1.807) is 34.4 Å². The van der Waals surface area contributed by atoms with Gasteiger partial charge in [0.2, 0.25) is 5.91 Å². The summed E-state index contributed by atoms with van der Waals surface area (Å²) < 4.78 is 1.14. The molecule has 1 aliphatic rings. The summed E-state index contributed by atoms with van der Waals surface area (Å²) in [5.41, 5.74) is 7.23. The Morgan fingerprint density at radius 3 is 2.78 bits per heavy atom. The van der Waals surface area contributed by atoms with E-state index in [0.29, 0.717) is 23.7 Å². The largest absolute Gasteiger partial charge is 0.337 e. The van der Waals surface area contributed by atoms with Gasteiger partial charge in [0.1, 0.15) is 0 Å². The average Bonchev–Trinajstić information content (AvgIpc) is 3.24. The normalized spacial score (nSPS) is 16.1. The molecule has 1 aromatic heterocycles. The molecule has 1 atom stereocenters. The van der Waals surface area contributed by atoms with E-state index in [-0.39, 0.29) is 11.9 Å². The number of carbonyl (C=O) groups is 1. The summed E-state index contributed by atoms with van der Waals surface area (Å²) in [5, 5.41) is 13.3. The molecule has 0 spiro atoms. The monoisotopic (exact) mass is 417 g/mol. The van der Waals surface area contributed by atoms with Gasteiger partial charge in [-0.25, -0.2) is 0 Å². The molecule has 2 N–H and O–H groups in total. The Bertz CT molecular complexity index is 1010. The number of nitrogens with zero attached hydrogens (tertiary/aromatic N) is 2. The van der Waals surface area contributed by atoms with Gasteiger partial charge in [-0.1, -0.05) is 35.3 Å². The third-order valence-electron chi connectivity index (χ3n) is 4.25. The van der Waals surface area contributed by atoms with Gasteiger partial charge in [0.05, 0.1) is 22.7 Å². The van der Waals surface area contributed by atoms with Gasteiger partial charge < -0.3 is 10.6 Å². The fourth-order valence-electron chi connectivity index (χ4n) is 2.88. The average molecular weight is 418 g/mol. The number of fused-ring (bicyclic) bond motifs is 1. The van der Waals surface area contributed by atoms with Crippen molar-refractivity contribution in [1.82, 2.24) is 4.90 Å². The molecule has 1 amide bonds. The Morgan fingerprint density at radius 2 is 2.07 bits per heavy atom. The zero-order chi connectivity index (χ0) is 19.4. The minimum atomic E-state index is -0.348. The van der Waals surface area contributed by atoms with Crippen molar-refractivity contribution in [2.45, 2.75) is 19.0 Å². The first-order valence-corrected chi connectivity index (χ1v) is 9.97. The summed E-state index contributed by atoms with van der Waals surface area (Å²) in [4.78, 5) is 13.3. The smallest absolute Gasteiger partial charge is 0.239 e. The van der Waals surface area contributed by atoms with E-state index in [1.165, 1.54) is 0 Å². The van der Waals surface area contributed by atoms with Gasteiger partial charge in [0, 0.05) is 28.2 Å². The highest BCUT2D eigenvalue weighted by Crippen LogP contribution is 2.31. The summed E-state index contributed by atoms with van der Waals surface area (Å²) >= 11 is 13.4. The van der Waals surface area contributed by atoms with E-state index < -0.39 is 0 Å². The number of hydrogen-bond donors (Lipinski definition) is 1. The molecule has 0 aliphatic carbocycles. The fourth-order valence-corrected chi connectivity index (χ4v) is 4.40. The number of rotatable bonds is 2. The third-order valence-corrected chi connectivity index (χ3v) is 5.65. The zero-order valence-corrected chi connectivity index (χ0v) is 16.7. The van der Waals surface area contributed by atoms with Gasteiger partial charge in [0.15, 0.2) is 0 Å². The van der Waals surface area contributed by atoms with Gasteiger partial charge in [-0.05, 0) is 47.7 Å². The maximum absolute atomic E-state index is 11.6. The van der Waals surface area contributed by atoms with Crippen LogP contribution >= 0.6 is 34.5 Å². The van der Waals surface area contributed by atoms with E-state index in [9.17, 15) is 4.79 Å². The molecule has 0 saturated carbocycles. The van der Waals surface area contributed by atoms with Crippen LogP contribution in [-0.4, -0.2) is 23.4 Å². The molecule has 1 saturated heterocycles. The number of halogens is 2. The quantitative estimate of drug-likeness (QED) is 0.648. The molecule has 0 radical (unpaired) electrons. The van der Waals surface area contributed by atoms with Crippen LogP contribution in [0.2, 0.25) is 10.0 Å². The highest BCUT2D eigenvalue weighted by Gasteiger charge is 2.28. The van der Waals surface area contributed by atoms with Crippen LogP contribution in [0.25, 0.3) is 10.1 Å². The van der Waals surface area contributed by atoms with Crippen LogP contribution in [0, 0.1) is 11.3 Å². The van der Waals surface area contributed by atoms with Gasteiger partial charge >= 0.3 is 0 Å². The number of benzene rings is 2. The lowest BCUT2D eigenvalue weighted by Gasteiger charge is -2.15. The summed E-state index contributed by atoms with van der Waals surface area (Å²) in [7, 11) is 0. The molecule has 1 aliphatic heterocycles. The van der Waals surface area contributed by atoms with Crippen molar-refractivity contribution in [3.8, 4) is 6.07 Å². The molecule has 1 fully saturated rings. The van der Waals surface area contributed by atoms with Gasteiger partial charge in [0.25, 0.3) is 0 Å². The first-order valence-electron chi connectivity index (χ1n) is 8.33. The van der Waals surface area contributed by atoms with Crippen LogP contribution in [-0.2, 0) is 11.3 Å². The maximum Gasteiger partial charge on any atom is 0.239 e. The summed E-state index contributed by atoms with van der Waals surface area (Å²) in [6, 6.07) is 14.7. The van der Waals surface area contributed by atoms with Crippen LogP contribution in [0.4, 0.5) is 0 Å². The minimum Gasteiger partial charge on any atom is -0.337 e. The molecular formula is C20H17Cl2N3OS. The number of carbonyl (C=O) groups excluding carboxylic acids is 1. The Hall–Kier alpha value is -2.10. The number of nitrogens with two attached hydrogens (primary N) is 1. The molecule has 4 rings (SSSR count).